The van der Waals surface area contributed by atoms with Gasteiger partial charge in [0, 0.05) is 12.1 Å². The van der Waals surface area contributed by atoms with Crippen LogP contribution in [0.5, 0.6) is 5.75 Å². The van der Waals surface area contributed by atoms with Crippen LogP contribution in [0.1, 0.15) is 26.2 Å². The van der Waals surface area contributed by atoms with E-state index in [0.717, 1.165) is 19.3 Å². The molecule has 0 bridgehead atoms. The first-order chi connectivity index (χ1) is 8.97. The van der Waals surface area contributed by atoms with E-state index in [2.05, 4.69) is 5.32 Å². The predicted molar refractivity (Wildman–Crippen MR) is 71.5 cm³/mol. The van der Waals surface area contributed by atoms with E-state index in [0.29, 0.717) is 11.4 Å². The van der Waals surface area contributed by atoms with Crippen LogP contribution in [0, 0.1) is 11.2 Å². The molecule has 2 unspecified atom stereocenters. The summed E-state index contributed by atoms with van der Waals surface area (Å²) < 4.78 is 18.2. The van der Waals surface area contributed by atoms with Gasteiger partial charge in [0.25, 0.3) is 0 Å². The molecular weight excluding hydrogens is 247 g/mol. The Hall–Kier alpha value is -1.62. The number of carbonyl (C=O) groups excluding carboxylic acids is 1. The molecule has 1 amide bonds. The fourth-order valence-electron chi connectivity index (χ4n) is 2.51. The Morgan fingerprint density at radius 3 is 2.89 bits per heavy atom. The number of anilines is 1. The molecule has 0 spiro atoms. The Balaban J connectivity index is 2.19. The van der Waals surface area contributed by atoms with Crippen molar-refractivity contribution in [2.24, 2.45) is 11.1 Å². The van der Waals surface area contributed by atoms with E-state index < -0.39 is 11.2 Å². The van der Waals surface area contributed by atoms with Crippen molar-refractivity contribution >= 4 is 11.6 Å². The summed E-state index contributed by atoms with van der Waals surface area (Å²) in [6.07, 6.45) is 2.57. The lowest BCUT2D eigenvalue weighted by Crippen LogP contribution is -2.44. The number of hydrogen-bond donors (Lipinski definition) is 2. The van der Waals surface area contributed by atoms with Crippen molar-refractivity contribution in [2.45, 2.75) is 32.2 Å². The number of carbonyl (C=O) groups is 1. The van der Waals surface area contributed by atoms with E-state index >= 15 is 0 Å². The monoisotopic (exact) mass is 266 g/mol. The number of amides is 1. The third-order valence-electron chi connectivity index (χ3n) is 3.96. The maximum Gasteiger partial charge on any atom is 0.231 e. The van der Waals surface area contributed by atoms with Crippen LogP contribution < -0.4 is 15.8 Å². The Labute approximate surface area is 112 Å². The zero-order chi connectivity index (χ0) is 14.0. The molecule has 0 radical (unpaired) electrons. The molecule has 2 rings (SSSR count). The van der Waals surface area contributed by atoms with Gasteiger partial charge < -0.3 is 15.8 Å². The van der Waals surface area contributed by atoms with Gasteiger partial charge in [0.15, 0.2) is 0 Å². The standard InChI is InChI=1S/C14H19FN2O2/c1-14(7-3-4-12(14)16)13(18)17-10-6-5-9(15)8-11(10)19-2/h5-6,8,12H,3-4,7,16H2,1-2H3,(H,17,18). The Morgan fingerprint density at radius 2 is 2.32 bits per heavy atom. The van der Waals surface area contributed by atoms with Gasteiger partial charge in [0.2, 0.25) is 5.91 Å². The lowest BCUT2D eigenvalue weighted by Gasteiger charge is -2.27. The molecule has 1 aromatic carbocycles. The lowest BCUT2D eigenvalue weighted by molar-refractivity contribution is -0.125. The maximum atomic E-state index is 13.1. The lowest BCUT2D eigenvalue weighted by atomic mass is 9.84. The van der Waals surface area contributed by atoms with Gasteiger partial charge >= 0.3 is 0 Å². The average Bonchev–Trinajstić information content (AvgIpc) is 2.73. The smallest absolute Gasteiger partial charge is 0.231 e. The summed E-state index contributed by atoms with van der Waals surface area (Å²) >= 11 is 0. The molecule has 1 aliphatic carbocycles. The van der Waals surface area contributed by atoms with Crippen molar-refractivity contribution in [2.75, 3.05) is 12.4 Å². The van der Waals surface area contributed by atoms with Gasteiger partial charge in [-0.25, -0.2) is 4.39 Å². The zero-order valence-corrected chi connectivity index (χ0v) is 11.2. The second-order valence-corrected chi connectivity index (χ2v) is 5.21. The van der Waals surface area contributed by atoms with Crippen molar-refractivity contribution < 1.29 is 13.9 Å². The first-order valence-electron chi connectivity index (χ1n) is 6.38. The van der Waals surface area contributed by atoms with Crippen molar-refractivity contribution in [1.82, 2.24) is 0 Å². The minimum absolute atomic E-state index is 0.137. The van der Waals surface area contributed by atoms with Gasteiger partial charge in [-0.05, 0) is 31.9 Å². The first-order valence-corrected chi connectivity index (χ1v) is 6.38. The van der Waals surface area contributed by atoms with E-state index in [-0.39, 0.29) is 11.9 Å². The predicted octanol–water partition coefficient (Wildman–Crippen LogP) is 2.29. The van der Waals surface area contributed by atoms with Crippen LogP contribution in [0.15, 0.2) is 18.2 Å². The van der Waals surface area contributed by atoms with Gasteiger partial charge in [-0.1, -0.05) is 6.42 Å². The van der Waals surface area contributed by atoms with Gasteiger partial charge in [0.05, 0.1) is 18.2 Å². The highest BCUT2D eigenvalue weighted by atomic mass is 19.1. The summed E-state index contributed by atoms with van der Waals surface area (Å²) in [5.74, 6) is -0.232. The largest absolute Gasteiger partial charge is 0.494 e. The number of hydrogen-bond acceptors (Lipinski definition) is 3. The van der Waals surface area contributed by atoms with Gasteiger partial charge in [-0.2, -0.15) is 0 Å². The molecule has 1 fully saturated rings. The molecule has 104 valence electrons. The number of halogens is 1. The van der Waals surface area contributed by atoms with Crippen LogP contribution in [0.3, 0.4) is 0 Å². The summed E-state index contributed by atoms with van der Waals surface area (Å²) in [4.78, 5) is 12.4. The Bertz CT molecular complexity index is 492. The average molecular weight is 266 g/mol. The van der Waals surface area contributed by atoms with Gasteiger partial charge in [0.1, 0.15) is 11.6 Å². The molecule has 0 heterocycles. The van der Waals surface area contributed by atoms with Crippen molar-refractivity contribution in [3.05, 3.63) is 24.0 Å². The van der Waals surface area contributed by atoms with Crippen LogP contribution in [-0.4, -0.2) is 19.1 Å². The molecule has 0 aliphatic heterocycles. The SMILES string of the molecule is COc1cc(F)ccc1NC(=O)C1(C)CCCC1N. The topological polar surface area (TPSA) is 64.3 Å². The zero-order valence-electron chi connectivity index (χ0n) is 11.2. The summed E-state index contributed by atoms with van der Waals surface area (Å²) in [6.45, 7) is 1.87. The number of ether oxygens (including phenoxy) is 1. The normalized spacial score (nSPS) is 26.2. The van der Waals surface area contributed by atoms with Crippen LogP contribution in [0.25, 0.3) is 0 Å². The van der Waals surface area contributed by atoms with Crippen LogP contribution >= 0.6 is 0 Å². The molecule has 0 aromatic heterocycles. The minimum Gasteiger partial charge on any atom is -0.494 e. The van der Waals surface area contributed by atoms with Gasteiger partial charge in [-0.15, -0.1) is 0 Å². The van der Waals surface area contributed by atoms with Crippen molar-refractivity contribution in [3.8, 4) is 5.75 Å². The molecule has 2 atom stereocenters. The van der Waals surface area contributed by atoms with Crippen LogP contribution in [-0.2, 0) is 4.79 Å². The number of nitrogens with two attached hydrogens (primary N) is 1. The molecule has 1 aromatic rings. The third-order valence-corrected chi connectivity index (χ3v) is 3.96. The molecule has 19 heavy (non-hydrogen) atoms. The van der Waals surface area contributed by atoms with E-state index in [1.807, 2.05) is 6.92 Å². The van der Waals surface area contributed by atoms with E-state index in [4.69, 9.17) is 10.5 Å². The summed E-state index contributed by atoms with van der Waals surface area (Å²) in [5, 5.41) is 2.79. The number of benzene rings is 1. The highest BCUT2D eigenvalue weighted by Crippen LogP contribution is 2.38. The summed E-state index contributed by atoms with van der Waals surface area (Å²) in [5.41, 5.74) is 5.91. The van der Waals surface area contributed by atoms with E-state index in [1.165, 1.54) is 25.3 Å². The molecular formula is C14H19FN2O2. The summed E-state index contributed by atoms with van der Waals surface area (Å²) in [6, 6.07) is 3.89. The highest BCUT2D eigenvalue weighted by Gasteiger charge is 2.43. The first kappa shape index (κ1) is 13.8. The van der Waals surface area contributed by atoms with Gasteiger partial charge in [-0.3, -0.25) is 4.79 Å². The molecule has 1 saturated carbocycles. The van der Waals surface area contributed by atoms with Crippen LogP contribution in [0.2, 0.25) is 0 Å². The molecule has 5 heteroatoms. The maximum absolute atomic E-state index is 13.1. The number of rotatable bonds is 3. The Morgan fingerprint density at radius 1 is 1.58 bits per heavy atom. The molecule has 0 saturated heterocycles. The highest BCUT2D eigenvalue weighted by molar-refractivity contribution is 5.97. The summed E-state index contributed by atoms with van der Waals surface area (Å²) in [7, 11) is 1.44. The number of methoxy groups -OCH3 is 1. The molecule has 1 aliphatic rings. The number of nitrogens with one attached hydrogen (secondary N) is 1. The quantitative estimate of drug-likeness (QED) is 0.882. The second kappa shape index (κ2) is 5.17. The van der Waals surface area contributed by atoms with Crippen molar-refractivity contribution in [3.63, 3.8) is 0 Å². The van der Waals surface area contributed by atoms with E-state index in [9.17, 15) is 9.18 Å². The van der Waals surface area contributed by atoms with Crippen LogP contribution in [0.4, 0.5) is 10.1 Å². The van der Waals surface area contributed by atoms with Crippen molar-refractivity contribution in [1.29, 1.82) is 0 Å². The minimum atomic E-state index is -0.570. The molecule has 3 N–H and O–H groups in total. The Kier molecular flexibility index (Phi) is 3.75. The second-order valence-electron chi connectivity index (χ2n) is 5.21. The van der Waals surface area contributed by atoms with E-state index in [1.54, 1.807) is 0 Å². The fraction of sp³-hybridized carbons (Fsp3) is 0.500. The third kappa shape index (κ3) is 2.56. The fourth-order valence-corrected chi connectivity index (χ4v) is 2.51. The molecule has 4 nitrogen and oxygen atoms in total.